The molecule has 0 amide bonds. The molecule has 2 aliphatic heterocycles. The molecule has 2 unspecified atom stereocenters. The normalized spacial score (nSPS) is 33.9. The molecule has 3 nitrogen and oxygen atoms in total. The molecule has 1 saturated carbocycles. The van der Waals surface area contributed by atoms with Crippen LogP contribution in [0.15, 0.2) is 0 Å². The van der Waals surface area contributed by atoms with Gasteiger partial charge in [0.15, 0.2) is 0 Å². The van der Waals surface area contributed by atoms with Crippen molar-refractivity contribution in [1.29, 1.82) is 0 Å². The van der Waals surface area contributed by atoms with Crippen molar-refractivity contribution in [2.75, 3.05) is 32.7 Å². The van der Waals surface area contributed by atoms with E-state index in [-0.39, 0.29) is 0 Å². The topological polar surface area (TPSA) is 32.5 Å². The molecule has 16 heavy (non-hydrogen) atoms. The Bertz CT molecular complexity index is 239. The Morgan fingerprint density at radius 3 is 2.81 bits per heavy atom. The zero-order valence-corrected chi connectivity index (χ0v) is 10.3. The summed E-state index contributed by atoms with van der Waals surface area (Å²) >= 11 is 0. The van der Waals surface area contributed by atoms with Gasteiger partial charge in [0.25, 0.3) is 0 Å². The van der Waals surface area contributed by atoms with Gasteiger partial charge in [0.2, 0.25) is 0 Å². The van der Waals surface area contributed by atoms with Gasteiger partial charge < -0.3 is 10.6 Å². The molecule has 0 aromatic rings. The molecule has 2 N–H and O–H groups in total. The molecule has 2 saturated heterocycles. The van der Waals surface area contributed by atoms with Crippen molar-refractivity contribution in [3.63, 3.8) is 0 Å². The van der Waals surface area contributed by atoms with E-state index < -0.39 is 0 Å². The Labute approximate surface area is 99.0 Å². The van der Waals surface area contributed by atoms with E-state index in [9.17, 15) is 0 Å². The number of rotatable bonds is 4. The highest BCUT2D eigenvalue weighted by molar-refractivity contribution is 4.88. The lowest BCUT2D eigenvalue weighted by molar-refractivity contribution is 0.102. The van der Waals surface area contributed by atoms with Gasteiger partial charge in [-0.05, 0) is 51.1 Å². The average molecular weight is 223 g/mol. The Balaban J connectivity index is 1.41. The summed E-state index contributed by atoms with van der Waals surface area (Å²) in [6, 6.07) is 1.35. The van der Waals surface area contributed by atoms with Gasteiger partial charge in [0.1, 0.15) is 0 Å². The molecule has 2 atom stereocenters. The molecule has 0 bridgehead atoms. The SMILES string of the molecule is NC(CCN1CCN2CCCC2C1)C1CC1. The Hall–Kier alpha value is -0.120. The Kier molecular flexibility index (Phi) is 3.18. The fourth-order valence-corrected chi connectivity index (χ4v) is 3.35. The van der Waals surface area contributed by atoms with E-state index in [1.165, 1.54) is 64.8 Å². The maximum absolute atomic E-state index is 6.17. The van der Waals surface area contributed by atoms with Crippen molar-refractivity contribution in [3.05, 3.63) is 0 Å². The van der Waals surface area contributed by atoms with Gasteiger partial charge in [0, 0.05) is 31.7 Å². The van der Waals surface area contributed by atoms with E-state index in [1.54, 1.807) is 0 Å². The number of nitrogens with two attached hydrogens (primary N) is 1. The summed E-state index contributed by atoms with van der Waals surface area (Å²) in [5, 5.41) is 0. The van der Waals surface area contributed by atoms with E-state index in [4.69, 9.17) is 5.73 Å². The monoisotopic (exact) mass is 223 g/mol. The molecule has 0 radical (unpaired) electrons. The predicted molar refractivity (Wildman–Crippen MR) is 66.4 cm³/mol. The molecule has 0 spiro atoms. The van der Waals surface area contributed by atoms with Crippen molar-refractivity contribution in [2.24, 2.45) is 11.7 Å². The minimum Gasteiger partial charge on any atom is -0.327 e. The summed E-state index contributed by atoms with van der Waals surface area (Å²) in [4.78, 5) is 5.33. The molecule has 92 valence electrons. The van der Waals surface area contributed by atoms with Crippen LogP contribution in [-0.2, 0) is 0 Å². The molecular weight excluding hydrogens is 198 g/mol. The fraction of sp³-hybridized carbons (Fsp3) is 1.00. The third kappa shape index (κ3) is 2.41. The largest absolute Gasteiger partial charge is 0.327 e. The molecular formula is C13H25N3. The molecule has 0 aromatic carbocycles. The van der Waals surface area contributed by atoms with Crippen molar-refractivity contribution in [1.82, 2.24) is 9.80 Å². The lowest BCUT2D eigenvalue weighted by Gasteiger charge is -2.37. The van der Waals surface area contributed by atoms with Gasteiger partial charge in [-0.25, -0.2) is 0 Å². The smallest absolute Gasteiger partial charge is 0.0224 e. The molecule has 1 aliphatic carbocycles. The van der Waals surface area contributed by atoms with Crippen LogP contribution in [0, 0.1) is 5.92 Å². The van der Waals surface area contributed by atoms with Crippen LogP contribution in [0.25, 0.3) is 0 Å². The second kappa shape index (κ2) is 4.63. The standard InChI is InChI=1S/C13H25N3/c14-13(11-3-4-11)5-7-15-8-9-16-6-1-2-12(16)10-15/h11-13H,1-10,14H2. The third-order valence-corrected chi connectivity index (χ3v) is 4.68. The van der Waals surface area contributed by atoms with Crippen LogP contribution < -0.4 is 5.73 Å². The first-order valence-electron chi connectivity index (χ1n) is 7.05. The van der Waals surface area contributed by atoms with Gasteiger partial charge >= 0.3 is 0 Å². The number of fused-ring (bicyclic) bond motifs is 1. The van der Waals surface area contributed by atoms with Crippen molar-refractivity contribution >= 4 is 0 Å². The lowest BCUT2D eigenvalue weighted by atomic mass is 10.1. The number of hydrogen-bond acceptors (Lipinski definition) is 3. The maximum atomic E-state index is 6.17. The molecule has 3 rings (SSSR count). The summed E-state index contributed by atoms with van der Waals surface area (Å²) in [7, 11) is 0. The van der Waals surface area contributed by atoms with Crippen LogP contribution in [0.3, 0.4) is 0 Å². The van der Waals surface area contributed by atoms with Crippen LogP contribution in [0.4, 0.5) is 0 Å². The van der Waals surface area contributed by atoms with E-state index in [0.717, 1.165) is 12.0 Å². The summed E-state index contributed by atoms with van der Waals surface area (Å²) < 4.78 is 0. The van der Waals surface area contributed by atoms with E-state index in [2.05, 4.69) is 9.80 Å². The van der Waals surface area contributed by atoms with Gasteiger partial charge in [-0.2, -0.15) is 0 Å². The fourth-order valence-electron chi connectivity index (χ4n) is 3.35. The van der Waals surface area contributed by atoms with Gasteiger partial charge in [-0.15, -0.1) is 0 Å². The zero-order chi connectivity index (χ0) is 11.0. The van der Waals surface area contributed by atoms with Crippen LogP contribution in [0.5, 0.6) is 0 Å². The highest BCUT2D eigenvalue weighted by Gasteiger charge is 2.32. The summed E-state index contributed by atoms with van der Waals surface area (Å²) in [6.07, 6.45) is 6.83. The predicted octanol–water partition coefficient (Wildman–Crippen LogP) is 0.894. The first kappa shape index (κ1) is 11.0. The van der Waals surface area contributed by atoms with E-state index >= 15 is 0 Å². The zero-order valence-electron chi connectivity index (χ0n) is 10.3. The number of piperazine rings is 1. The van der Waals surface area contributed by atoms with E-state index in [0.29, 0.717) is 6.04 Å². The van der Waals surface area contributed by atoms with Crippen molar-refractivity contribution < 1.29 is 0 Å². The van der Waals surface area contributed by atoms with Crippen LogP contribution in [0.1, 0.15) is 32.1 Å². The van der Waals surface area contributed by atoms with E-state index in [1.807, 2.05) is 0 Å². The van der Waals surface area contributed by atoms with Crippen LogP contribution in [0.2, 0.25) is 0 Å². The van der Waals surface area contributed by atoms with Crippen LogP contribution in [-0.4, -0.2) is 54.6 Å². The lowest BCUT2D eigenvalue weighted by Crippen LogP contribution is -2.50. The maximum Gasteiger partial charge on any atom is 0.0224 e. The average Bonchev–Trinajstić information content (AvgIpc) is 3.04. The summed E-state index contributed by atoms with van der Waals surface area (Å²) in [5.41, 5.74) is 6.17. The third-order valence-electron chi connectivity index (χ3n) is 4.68. The Morgan fingerprint density at radius 1 is 1.12 bits per heavy atom. The quantitative estimate of drug-likeness (QED) is 0.768. The first-order valence-corrected chi connectivity index (χ1v) is 7.05. The second-order valence-electron chi connectivity index (χ2n) is 5.92. The second-order valence-corrected chi connectivity index (χ2v) is 5.92. The molecule has 3 heteroatoms. The Morgan fingerprint density at radius 2 is 2.00 bits per heavy atom. The molecule has 3 aliphatic rings. The van der Waals surface area contributed by atoms with Crippen molar-refractivity contribution in [2.45, 2.75) is 44.2 Å². The van der Waals surface area contributed by atoms with Gasteiger partial charge in [-0.1, -0.05) is 0 Å². The van der Waals surface area contributed by atoms with Crippen molar-refractivity contribution in [3.8, 4) is 0 Å². The van der Waals surface area contributed by atoms with Gasteiger partial charge in [-0.3, -0.25) is 4.90 Å². The number of nitrogens with zero attached hydrogens (tertiary/aromatic N) is 2. The molecule has 2 heterocycles. The summed E-state index contributed by atoms with van der Waals surface area (Å²) in [5.74, 6) is 0.868. The highest BCUT2D eigenvalue weighted by Crippen LogP contribution is 2.33. The minimum atomic E-state index is 0.488. The number of hydrogen-bond donors (Lipinski definition) is 1. The first-order chi connectivity index (χ1) is 7.83. The molecule has 0 aromatic heterocycles. The minimum absolute atomic E-state index is 0.488. The van der Waals surface area contributed by atoms with Crippen LogP contribution >= 0.6 is 0 Å². The summed E-state index contributed by atoms with van der Waals surface area (Å²) in [6.45, 7) is 6.46. The molecule has 3 fully saturated rings. The van der Waals surface area contributed by atoms with Gasteiger partial charge in [0.05, 0.1) is 0 Å². The highest BCUT2D eigenvalue weighted by atomic mass is 15.3.